The molecule has 1 fully saturated rings. The van der Waals surface area contributed by atoms with Gasteiger partial charge in [-0.2, -0.15) is 4.98 Å². The van der Waals surface area contributed by atoms with Gasteiger partial charge in [-0.05, 0) is 18.3 Å². The Morgan fingerprint density at radius 3 is 2.44 bits per heavy atom. The summed E-state index contributed by atoms with van der Waals surface area (Å²) in [7, 11) is 0. The Kier molecular flexibility index (Phi) is 2.57. The molecule has 2 N–H and O–H groups in total. The molecule has 1 aliphatic rings. The van der Waals surface area contributed by atoms with Crippen LogP contribution in [0.3, 0.4) is 0 Å². The van der Waals surface area contributed by atoms with E-state index in [0.29, 0.717) is 11.7 Å². The van der Waals surface area contributed by atoms with E-state index in [0.717, 1.165) is 19.3 Å². The van der Waals surface area contributed by atoms with Crippen molar-refractivity contribution in [3.8, 4) is 0 Å². The van der Waals surface area contributed by atoms with Crippen LogP contribution in [0.4, 0.5) is 0 Å². The van der Waals surface area contributed by atoms with E-state index in [9.17, 15) is 0 Å². The van der Waals surface area contributed by atoms with Gasteiger partial charge in [-0.15, -0.1) is 0 Å². The molecule has 1 heterocycles. The van der Waals surface area contributed by atoms with Gasteiger partial charge in [0.05, 0.1) is 5.54 Å². The van der Waals surface area contributed by atoms with Crippen LogP contribution < -0.4 is 5.73 Å². The van der Waals surface area contributed by atoms with Crippen molar-refractivity contribution in [2.75, 3.05) is 0 Å². The molecular weight excluding hydrogens is 202 g/mol. The monoisotopic (exact) mass is 223 g/mol. The zero-order valence-corrected chi connectivity index (χ0v) is 10.6. The molecule has 0 saturated heterocycles. The van der Waals surface area contributed by atoms with Gasteiger partial charge in [-0.25, -0.2) is 0 Å². The highest BCUT2D eigenvalue weighted by atomic mass is 16.5. The fourth-order valence-corrected chi connectivity index (χ4v) is 2.44. The highest BCUT2D eigenvalue weighted by Crippen LogP contribution is 2.49. The second-order valence-electron chi connectivity index (χ2n) is 5.82. The number of nitrogens with two attached hydrogens (primary N) is 1. The van der Waals surface area contributed by atoms with E-state index in [1.165, 1.54) is 0 Å². The topological polar surface area (TPSA) is 64.9 Å². The maximum absolute atomic E-state index is 6.49. The molecule has 1 saturated carbocycles. The molecule has 0 aromatic carbocycles. The van der Waals surface area contributed by atoms with Gasteiger partial charge in [0.2, 0.25) is 5.89 Å². The van der Waals surface area contributed by atoms with Crippen LogP contribution in [0.5, 0.6) is 0 Å². The zero-order valence-electron chi connectivity index (χ0n) is 10.6. The molecule has 0 amide bonds. The number of hydrogen-bond acceptors (Lipinski definition) is 4. The number of hydrogen-bond donors (Lipinski definition) is 1. The van der Waals surface area contributed by atoms with E-state index in [1.807, 2.05) is 13.8 Å². The predicted molar refractivity (Wildman–Crippen MR) is 61.9 cm³/mol. The van der Waals surface area contributed by atoms with Gasteiger partial charge >= 0.3 is 0 Å². The Bertz CT molecular complexity index is 383. The SMILES string of the molecule is CC(C)c1nc(C2(N)CCCC2(C)C)no1. The van der Waals surface area contributed by atoms with Gasteiger partial charge in [0, 0.05) is 5.92 Å². The zero-order chi connectivity index (χ0) is 12.0. The molecule has 4 heteroatoms. The molecule has 90 valence electrons. The van der Waals surface area contributed by atoms with Crippen molar-refractivity contribution in [1.82, 2.24) is 10.1 Å². The first-order valence-corrected chi connectivity index (χ1v) is 6.00. The summed E-state index contributed by atoms with van der Waals surface area (Å²) in [4.78, 5) is 4.46. The molecule has 16 heavy (non-hydrogen) atoms. The lowest BCUT2D eigenvalue weighted by atomic mass is 9.75. The Labute approximate surface area is 96.6 Å². The molecule has 1 unspecified atom stereocenters. The van der Waals surface area contributed by atoms with E-state index in [-0.39, 0.29) is 11.3 Å². The summed E-state index contributed by atoms with van der Waals surface area (Å²) in [5, 5.41) is 4.08. The minimum absolute atomic E-state index is 0.0467. The summed E-state index contributed by atoms with van der Waals surface area (Å²) in [6.45, 7) is 8.46. The lowest BCUT2D eigenvalue weighted by molar-refractivity contribution is 0.192. The average molecular weight is 223 g/mol. The van der Waals surface area contributed by atoms with Crippen molar-refractivity contribution in [2.24, 2.45) is 11.1 Å². The lowest BCUT2D eigenvalue weighted by Gasteiger charge is -2.35. The largest absolute Gasteiger partial charge is 0.339 e. The first-order valence-electron chi connectivity index (χ1n) is 6.00. The van der Waals surface area contributed by atoms with Crippen LogP contribution in [0, 0.1) is 5.41 Å². The summed E-state index contributed by atoms with van der Waals surface area (Å²) in [6.07, 6.45) is 3.20. The van der Waals surface area contributed by atoms with Gasteiger partial charge in [0.25, 0.3) is 0 Å². The maximum atomic E-state index is 6.49. The molecule has 1 aromatic heterocycles. The maximum Gasteiger partial charge on any atom is 0.229 e. The Morgan fingerprint density at radius 2 is 2.00 bits per heavy atom. The van der Waals surface area contributed by atoms with Gasteiger partial charge in [0.1, 0.15) is 0 Å². The third-order valence-corrected chi connectivity index (χ3v) is 3.92. The van der Waals surface area contributed by atoms with Crippen molar-refractivity contribution in [3.05, 3.63) is 11.7 Å². The van der Waals surface area contributed by atoms with Crippen molar-refractivity contribution in [1.29, 1.82) is 0 Å². The van der Waals surface area contributed by atoms with Crippen molar-refractivity contribution >= 4 is 0 Å². The fourth-order valence-electron chi connectivity index (χ4n) is 2.44. The van der Waals surface area contributed by atoms with Crippen molar-refractivity contribution < 1.29 is 4.52 Å². The second kappa shape index (κ2) is 3.55. The Morgan fingerprint density at radius 1 is 1.31 bits per heavy atom. The van der Waals surface area contributed by atoms with Crippen LogP contribution >= 0.6 is 0 Å². The molecule has 0 radical (unpaired) electrons. The Balaban J connectivity index is 2.36. The molecule has 1 aromatic rings. The van der Waals surface area contributed by atoms with Gasteiger partial charge in [-0.3, -0.25) is 0 Å². The minimum Gasteiger partial charge on any atom is -0.339 e. The van der Waals surface area contributed by atoms with Gasteiger partial charge in [-0.1, -0.05) is 39.3 Å². The van der Waals surface area contributed by atoms with E-state index in [4.69, 9.17) is 10.3 Å². The fraction of sp³-hybridized carbons (Fsp3) is 0.833. The molecule has 2 rings (SSSR count). The third-order valence-electron chi connectivity index (χ3n) is 3.92. The molecule has 0 aliphatic heterocycles. The standard InChI is InChI=1S/C12H21N3O/c1-8(2)9-14-10(15-16-9)12(13)7-5-6-11(12,3)4/h8H,5-7,13H2,1-4H3. The van der Waals surface area contributed by atoms with E-state index in [1.54, 1.807) is 0 Å². The smallest absolute Gasteiger partial charge is 0.229 e. The summed E-state index contributed by atoms with van der Waals surface area (Å²) in [5.74, 6) is 1.62. The van der Waals surface area contributed by atoms with Crippen molar-refractivity contribution in [2.45, 2.75) is 58.4 Å². The Hall–Kier alpha value is -0.900. The summed E-state index contributed by atoms with van der Waals surface area (Å²) >= 11 is 0. The molecule has 4 nitrogen and oxygen atoms in total. The lowest BCUT2D eigenvalue weighted by Crippen LogP contribution is -2.46. The van der Waals surface area contributed by atoms with Gasteiger partial charge in [0.15, 0.2) is 5.82 Å². The molecule has 0 bridgehead atoms. The van der Waals surface area contributed by atoms with Crippen LogP contribution in [-0.2, 0) is 5.54 Å². The number of aromatic nitrogens is 2. The van der Waals surface area contributed by atoms with E-state index in [2.05, 4.69) is 24.0 Å². The van der Waals surface area contributed by atoms with E-state index >= 15 is 0 Å². The number of rotatable bonds is 2. The summed E-state index contributed by atoms with van der Waals surface area (Å²) in [6, 6.07) is 0. The highest BCUT2D eigenvalue weighted by molar-refractivity contribution is 5.14. The van der Waals surface area contributed by atoms with Crippen LogP contribution in [0.1, 0.15) is 64.6 Å². The van der Waals surface area contributed by atoms with Crippen LogP contribution in [0.2, 0.25) is 0 Å². The summed E-state index contributed by atoms with van der Waals surface area (Å²) in [5.41, 5.74) is 6.11. The molecule has 1 aliphatic carbocycles. The third kappa shape index (κ3) is 1.56. The van der Waals surface area contributed by atoms with Crippen LogP contribution in [-0.4, -0.2) is 10.1 Å². The van der Waals surface area contributed by atoms with Gasteiger partial charge < -0.3 is 10.3 Å². The molecule has 1 atom stereocenters. The average Bonchev–Trinajstić information content (AvgIpc) is 2.73. The normalized spacial score (nSPS) is 28.9. The highest BCUT2D eigenvalue weighted by Gasteiger charge is 2.50. The van der Waals surface area contributed by atoms with E-state index < -0.39 is 5.54 Å². The predicted octanol–water partition coefficient (Wildman–Crippen LogP) is 2.56. The van der Waals surface area contributed by atoms with Crippen molar-refractivity contribution in [3.63, 3.8) is 0 Å². The van der Waals surface area contributed by atoms with Crippen LogP contribution in [0.25, 0.3) is 0 Å². The first kappa shape index (κ1) is 11.6. The minimum atomic E-state index is -0.427. The number of nitrogens with zero attached hydrogens (tertiary/aromatic N) is 2. The van der Waals surface area contributed by atoms with Crippen LogP contribution in [0.15, 0.2) is 4.52 Å². The molecular formula is C12H21N3O. The quantitative estimate of drug-likeness (QED) is 0.836. The first-order chi connectivity index (χ1) is 7.37. The summed E-state index contributed by atoms with van der Waals surface area (Å²) < 4.78 is 5.26. The second-order valence-corrected chi connectivity index (χ2v) is 5.82. The molecule has 0 spiro atoms.